The standard InChI is InChI=1S/C21H19N3O2S/c25-20-17(15-3-1-7-22-10-15)5-6-18-16-9-14(12-24(18)20)11-23(13-16)21(26)19-4-2-8-27-19/h1-8,10,14,16H,9,11-13H2. The van der Waals surface area contributed by atoms with Crippen molar-refractivity contribution in [3.8, 4) is 11.1 Å². The van der Waals surface area contributed by atoms with Gasteiger partial charge in [-0.05, 0) is 42.0 Å². The molecule has 0 N–H and O–H groups in total. The highest BCUT2D eigenvalue weighted by atomic mass is 32.1. The number of piperidine rings is 1. The number of hydrogen-bond donors (Lipinski definition) is 0. The van der Waals surface area contributed by atoms with E-state index in [0.29, 0.717) is 24.6 Å². The molecule has 27 heavy (non-hydrogen) atoms. The number of pyridine rings is 2. The SMILES string of the molecule is O=C(c1cccs1)N1CC2CC(C1)c1ccc(-c3cccnc3)c(=O)n1C2. The Morgan fingerprint density at radius 3 is 2.81 bits per heavy atom. The monoisotopic (exact) mass is 377 g/mol. The van der Waals surface area contributed by atoms with Gasteiger partial charge in [0, 0.05) is 54.8 Å². The number of carbonyl (C=O) groups excluding carboxylic acids is 1. The molecule has 3 aromatic heterocycles. The fourth-order valence-corrected chi connectivity index (χ4v) is 5.10. The molecule has 2 aliphatic heterocycles. The molecule has 5 rings (SSSR count). The van der Waals surface area contributed by atoms with Gasteiger partial charge in [-0.1, -0.05) is 12.1 Å². The number of nitrogens with zero attached hydrogens (tertiary/aromatic N) is 3. The summed E-state index contributed by atoms with van der Waals surface area (Å²) >= 11 is 1.49. The predicted molar refractivity (Wildman–Crippen MR) is 105 cm³/mol. The molecule has 6 heteroatoms. The Morgan fingerprint density at radius 1 is 1.11 bits per heavy atom. The number of carbonyl (C=O) groups is 1. The highest BCUT2D eigenvalue weighted by Crippen LogP contribution is 2.36. The fraction of sp³-hybridized carbons (Fsp3) is 0.286. The Kier molecular flexibility index (Phi) is 3.93. The van der Waals surface area contributed by atoms with Gasteiger partial charge in [0.05, 0.1) is 4.88 Å². The zero-order chi connectivity index (χ0) is 18.4. The van der Waals surface area contributed by atoms with Crippen LogP contribution in [-0.4, -0.2) is 33.4 Å². The summed E-state index contributed by atoms with van der Waals surface area (Å²) in [6.45, 7) is 2.07. The smallest absolute Gasteiger partial charge is 0.263 e. The van der Waals surface area contributed by atoms with E-state index in [1.54, 1.807) is 12.4 Å². The molecule has 2 aliphatic rings. The number of amides is 1. The molecule has 1 saturated heterocycles. The minimum atomic E-state index is 0.0493. The first-order valence-corrected chi connectivity index (χ1v) is 10.1. The van der Waals surface area contributed by atoms with Crippen molar-refractivity contribution in [2.45, 2.75) is 18.9 Å². The van der Waals surface area contributed by atoms with Gasteiger partial charge in [0.25, 0.3) is 11.5 Å². The Balaban J connectivity index is 1.49. The third-order valence-electron chi connectivity index (χ3n) is 5.60. The zero-order valence-electron chi connectivity index (χ0n) is 14.7. The molecule has 136 valence electrons. The third kappa shape index (κ3) is 2.80. The summed E-state index contributed by atoms with van der Waals surface area (Å²) in [6, 6.07) is 11.5. The minimum Gasteiger partial charge on any atom is -0.337 e. The second-order valence-corrected chi connectivity index (χ2v) is 8.26. The molecule has 3 aromatic rings. The van der Waals surface area contributed by atoms with Gasteiger partial charge in [-0.2, -0.15) is 0 Å². The Labute approximate surface area is 160 Å². The van der Waals surface area contributed by atoms with Gasteiger partial charge in [-0.3, -0.25) is 14.6 Å². The molecule has 1 amide bonds. The molecule has 0 aliphatic carbocycles. The van der Waals surface area contributed by atoms with Crippen LogP contribution in [0.2, 0.25) is 0 Å². The molecule has 2 atom stereocenters. The topological polar surface area (TPSA) is 55.2 Å². The molecule has 0 spiro atoms. The van der Waals surface area contributed by atoms with Crippen LogP contribution in [-0.2, 0) is 6.54 Å². The van der Waals surface area contributed by atoms with Crippen LogP contribution in [0.25, 0.3) is 11.1 Å². The van der Waals surface area contributed by atoms with Crippen LogP contribution in [0.3, 0.4) is 0 Å². The molecule has 5 nitrogen and oxygen atoms in total. The van der Waals surface area contributed by atoms with Crippen LogP contribution in [0.4, 0.5) is 0 Å². The molecule has 5 heterocycles. The normalized spacial score (nSPS) is 21.0. The van der Waals surface area contributed by atoms with Crippen molar-refractivity contribution in [3.05, 3.63) is 75.1 Å². The highest BCUT2D eigenvalue weighted by Gasteiger charge is 2.37. The van der Waals surface area contributed by atoms with Gasteiger partial charge in [-0.15, -0.1) is 11.3 Å². The van der Waals surface area contributed by atoms with Gasteiger partial charge < -0.3 is 9.47 Å². The molecule has 2 bridgehead atoms. The first kappa shape index (κ1) is 16.4. The summed E-state index contributed by atoms with van der Waals surface area (Å²) in [4.78, 5) is 32.8. The average molecular weight is 377 g/mol. The van der Waals surface area contributed by atoms with Crippen molar-refractivity contribution < 1.29 is 4.79 Å². The van der Waals surface area contributed by atoms with Crippen molar-refractivity contribution in [2.75, 3.05) is 13.1 Å². The summed E-state index contributed by atoms with van der Waals surface area (Å²) in [6.07, 6.45) is 4.48. The summed E-state index contributed by atoms with van der Waals surface area (Å²) in [5, 5.41) is 1.94. The van der Waals surface area contributed by atoms with E-state index >= 15 is 0 Å². The highest BCUT2D eigenvalue weighted by molar-refractivity contribution is 7.12. The van der Waals surface area contributed by atoms with Crippen LogP contribution < -0.4 is 5.56 Å². The fourth-order valence-electron chi connectivity index (χ4n) is 4.41. The van der Waals surface area contributed by atoms with Crippen LogP contribution in [0.15, 0.2) is 59.0 Å². The first-order chi connectivity index (χ1) is 13.2. The van der Waals surface area contributed by atoms with Gasteiger partial charge in [-0.25, -0.2) is 0 Å². The predicted octanol–water partition coefficient (Wildman–Crippen LogP) is 3.23. The lowest BCUT2D eigenvalue weighted by atomic mass is 9.82. The van der Waals surface area contributed by atoms with Crippen molar-refractivity contribution in [1.82, 2.24) is 14.5 Å². The second-order valence-electron chi connectivity index (χ2n) is 7.32. The van der Waals surface area contributed by atoms with Gasteiger partial charge >= 0.3 is 0 Å². The number of thiophene rings is 1. The number of rotatable bonds is 2. The summed E-state index contributed by atoms with van der Waals surface area (Å²) < 4.78 is 1.92. The van der Waals surface area contributed by atoms with Crippen LogP contribution in [0, 0.1) is 5.92 Å². The number of likely N-dealkylation sites (tertiary alicyclic amines) is 1. The molecule has 0 radical (unpaired) electrons. The number of fused-ring (bicyclic) bond motifs is 4. The lowest BCUT2D eigenvalue weighted by Crippen LogP contribution is -2.49. The van der Waals surface area contributed by atoms with Crippen LogP contribution >= 0.6 is 11.3 Å². The van der Waals surface area contributed by atoms with Crippen LogP contribution in [0.1, 0.15) is 27.7 Å². The molecule has 0 saturated carbocycles. The van der Waals surface area contributed by atoms with E-state index in [2.05, 4.69) is 11.1 Å². The maximum Gasteiger partial charge on any atom is 0.263 e. The Morgan fingerprint density at radius 2 is 2.04 bits per heavy atom. The lowest BCUT2D eigenvalue weighted by molar-refractivity contribution is 0.0599. The molecular formula is C21H19N3O2S. The summed E-state index contributed by atoms with van der Waals surface area (Å²) in [5.74, 6) is 0.654. The lowest BCUT2D eigenvalue weighted by Gasteiger charge is -2.42. The van der Waals surface area contributed by atoms with Gasteiger partial charge in [0.2, 0.25) is 0 Å². The summed E-state index contributed by atoms with van der Waals surface area (Å²) in [5.41, 5.74) is 2.64. The van der Waals surface area contributed by atoms with Crippen LogP contribution in [0.5, 0.6) is 0 Å². The third-order valence-corrected chi connectivity index (χ3v) is 6.45. The van der Waals surface area contributed by atoms with E-state index in [1.165, 1.54) is 11.3 Å². The maximum atomic E-state index is 13.1. The first-order valence-electron chi connectivity index (χ1n) is 9.17. The molecule has 2 unspecified atom stereocenters. The molecule has 1 fully saturated rings. The van der Waals surface area contributed by atoms with Crippen molar-refractivity contribution in [1.29, 1.82) is 0 Å². The maximum absolute atomic E-state index is 13.1. The van der Waals surface area contributed by atoms with Gasteiger partial charge in [0.1, 0.15) is 0 Å². The Hall–Kier alpha value is -2.73. The van der Waals surface area contributed by atoms with E-state index in [0.717, 1.165) is 29.1 Å². The zero-order valence-corrected chi connectivity index (χ0v) is 15.6. The summed E-state index contributed by atoms with van der Waals surface area (Å²) in [7, 11) is 0. The molecule has 0 aromatic carbocycles. The van der Waals surface area contributed by atoms with Crippen molar-refractivity contribution in [2.24, 2.45) is 5.92 Å². The number of aromatic nitrogens is 2. The van der Waals surface area contributed by atoms with E-state index in [1.807, 2.05) is 45.2 Å². The van der Waals surface area contributed by atoms with E-state index in [-0.39, 0.29) is 17.4 Å². The van der Waals surface area contributed by atoms with E-state index in [9.17, 15) is 9.59 Å². The Bertz CT molecular complexity index is 1040. The average Bonchev–Trinajstić information content (AvgIpc) is 3.23. The molecular weight excluding hydrogens is 358 g/mol. The number of hydrogen-bond acceptors (Lipinski definition) is 4. The largest absolute Gasteiger partial charge is 0.337 e. The van der Waals surface area contributed by atoms with Crippen molar-refractivity contribution in [3.63, 3.8) is 0 Å². The quantitative estimate of drug-likeness (QED) is 0.689. The van der Waals surface area contributed by atoms with Crippen molar-refractivity contribution >= 4 is 17.2 Å². The van der Waals surface area contributed by atoms with E-state index < -0.39 is 0 Å². The minimum absolute atomic E-state index is 0.0493. The van der Waals surface area contributed by atoms with Gasteiger partial charge in [0.15, 0.2) is 0 Å². The second kappa shape index (κ2) is 6.46. The van der Waals surface area contributed by atoms with E-state index in [4.69, 9.17) is 0 Å².